The first kappa shape index (κ1) is 12.8. The number of hydrogen-bond acceptors (Lipinski definition) is 5. The van der Waals surface area contributed by atoms with E-state index in [-0.39, 0.29) is 12.1 Å². The summed E-state index contributed by atoms with van der Waals surface area (Å²) in [4.78, 5) is 14.0. The van der Waals surface area contributed by atoms with E-state index in [2.05, 4.69) is 11.8 Å². The molecular weight excluding hydrogens is 220 g/mol. The highest BCUT2D eigenvalue weighted by Gasteiger charge is 2.45. The van der Waals surface area contributed by atoms with E-state index >= 15 is 0 Å². The van der Waals surface area contributed by atoms with Gasteiger partial charge in [0.25, 0.3) is 0 Å². The molecule has 0 aromatic rings. The minimum atomic E-state index is -0.777. The van der Waals surface area contributed by atoms with Crippen LogP contribution in [-0.4, -0.2) is 55.4 Å². The number of methoxy groups -OCH3 is 1. The number of esters is 1. The summed E-state index contributed by atoms with van der Waals surface area (Å²) in [6, 6.07) is 0.394. The van der Waals surface area contributed by atoms with Crippen molar-refractivity contribution in [2.75, 3.05) is 26.8 Å². The number of rotatable bonds is 2. The fourth-order valence-corrected chi connectivity index (χ4v) is 2.93. The molecule has 2 aliphatic rings. The summed E-state index contributed by atoms with van der Waals surface area (Å²) < 4.78 is 10.3. The Bertz CT molecular complexity index is 297. The third kappa shape index (κ3) is 2.61. The zero-order chi connectivity index (χ0) is 12.5. The molecule has 3 atom stereocenters. The van der Waals surface area contributed by atoms with E-state index in [0.717, 1.165) is 32.5 Å². The second-order valence-electron chi connectivity index (χ2n) is 5.22. The highest BCUT2D eigenvalue weighted by molar-refractivity contribution is 5.81. The molecule has 3 unspecified atom stereocenters. The van der Waals surface area contributed by atoms with E-state index in [0.29, 0.717) is 12.5 Å². The Kier molecular flexibility index (Phi) is 3.70. The van der Waals surface area contributed by atoms with Crippen molar-refractivity contribution in [1.82, 2.24) is 4.90 Å². The van der Waals surface area contributed by atoms with E-state index < -0.39 is 5.54 Å². The fourth-order valence-electron chi connectivity index (χ4n) is 2.93. The molecule has 2 fully saturated rings. The summed E-state index contributed by atoms with van der Waals surface area (Å²) in [6.45, 7) is 4.72. The van der Waals surface area contributed by atoms with Gasteiger partial charge in [0.1, 0.15) is 5.54 Å². The first-order chi connectivity index (χ1) is 8.05. The number of nitrogens with two attached hydrogens (primary N) is 1. The maximum absolute atomic E-state index is 11.6. The summed E-state index contributed by atoms with van der Waals surface area (Å²) in [5.41, 5.74) is 5.34. The van der Waals surface area contributed by atoms with Crippen molar-refractivity contribution in [2.24, 2.45) is 5.73 Å². The molecule has 1 aliphatic carbocycles. The van der Waals surface area contributed by atoms with Crippen LogP contribution >= 0.6 is 0 Å². The molecule has 5 heteroatoms. The number of hydrogen-bond donors (Lipinski definition) is 1. The molecular formula is C12H22N2O3. The largest absolute Gasteiger partial charge is 0.468 e. The molecule has 0 aromatic carbocycles. The third-order valence-electron chi connectivity index (χ3n) is 3.90. The highest BCUT2D eigenvalue weighted by atomic mass is 16.5. The van der Waals surface area contributed by atoms with E-state index in [1.54, 1.807) is 0 Å². The Balaban J connectivity index is 1.95. The fraction of sp³-hybridized carbons (Fsp3) is 0.917. The predicted molar refractivity (Wildman–Crippen MR) is 63.6 cm³/mol. The molecule has 98 valence electrons. The van der Waals surface area contributed by atoms with Gasteiger partial charge in [0.15, 0.2) is 0 Å². The van der Waals surface area contributed by atoms with Gasteiger partial charge in [0.2, 0.25) is 0 Å². The Morgan fingerprint density at radius 1 is 1.59 bits per heavy atom. The molecule has 1 saturated carbocycles. The lowest BCUT2D eigenvalue weighted by molar-refractivity contribution is -0.147. The molecule has 1 aliphatic heterocycles. The van der Waals surface area contributed by atoms with Gasteiger partial charge >= 0.3 is 5.97 Å². The molecule has 0 spiro atoms. The van der Waals surface area contributed by atoms with Crippen molar-refractivity contribution >= 4 is 5.97 Å². The Labute approximate surface area is 102 Å². The van der Waals surface area contributed by atoms with Gasteiger partial charge in [-0.3, -0.25) is 9.69 Å². The van der Waals surface area contributed by atoms with Gasteiger partial charge in [0.05, 0.1) is 19.8 Å². The summed E-state index contributed by atoms with van der Waals surface area (Å²) in [6.07, 6.45) is 2.66. The summed E-state index contributed by atoms with van der Waals surface area (Å²) in [5, 5.41) is 0. The molecule has 5 nitrogen and oxygen atoms in total. The second-order valence-corrected chi connectivity index (χ2v) is 5.22. The number of carbonyl (C=O) groups excluding carboxylic acids is 1. The minimum absolute atomic E-state index is 0.273. The van der Waals surface area contributed by atoms with Gasteiger partial charge in [0, 0.05) is 19.1 Å². The maximum Gasteiger partial charge on any atom is 0.325 e. The first-order valence-electron chi connectivity index (χ1n) is 6.28. The molecule has 0 radical (unpaired) electrons. The molecule has 1 heterocycles. The van der Waals surface area contributed by atoms with Crippen LogP contribution in [0.4, 0.5) is 0 Å². The molecule has 0 amide bonds. The third-order valence-corrected chi connectivity index (χ3v) is 3.90. The van der Waals surface area contributed by atoms with Gasteiger partial charge in [-0.2, -0.15) is 0 Å². The maximum atomic E-state index is 11.6. The van der Waals surface area contributed by atoms with Crippen molar-refractivity contribution in [3.8, 4) is 0 Å². The van der Waals surface area contributed by atoms with Crippen molar-refractivity contribution in [3.05, 3.63) is 0 Å². The van der Waals surface area contributed by atoms with Crippen LogP contribution in [0, 0.1) is 0 Å². The second kappa shape index (κ2) is 4.92. The molecule has 1 saturated heterocycles. The van der Waals surface area contributed by atoms with Gasteiger partial charge in [-0.05, 0) is 26.2 Å². The number of carbonyl (C=O) groups is 1. The van der Waals surface area contributed by atoms with E-state index in [4.69, 9.17) is 15.2 Å². The lowest BCUT2D eigenvalue weighted by Gasteiger charge is -2.36. The van der Waals surface area contributed by atoms with Crippen molar-refractivity contribution in [3.63, 3.8) is 0 Å². The monoisotopic (exact) mass is 242 g/mol. The van der Waals surface area contributed by atoms with Gasteiger partial charge in [-0.15, -0.1) is 0 Å². The number of nitrogens with zero attached hydrogens (tertiary/aromatic N) is 1. The Morgan fingerprint density at radius 2 is 2.35 bits per heavy atom. The average Bonchev–Trinajstić information content (AvgIpc) is 2.72. The predicted octanol–water partition coefficient (Wildman–Crippen LogP) is 0.130. The van der Waals surface area contributed by atoms with Crippen LogP contribution in [0.5, 0.6) is 0 Å². The average molecular weight is 242 g/mol. The van der Waals surface area contributed by atoms with E-state index in [1.165, 1.54) is 7.11 Å². The normalized spacial score (nSPS) is 39.2. The SMILES string of the molecule is COC(=O)C1(N)CCC(N2CCOC(C)C2)C1. The van der Waals surface area contributed by atoms with Crippen LogP contribution in [-0.2, 0) is 14.3 Å². The first-order valence-corrected chi connectivity index (χ1v) is 6.28. The smallest absolute Gasteiger partial charge is 0.325 e. The zero-order valence-corrected chi connectivity index (χ0v) is 10.6. The van der Waals surface area contributed by atoms with Crippen molar-refractivity contribution in [2.45, 2.75) is 43.9 Å². The standard InChI is InChI=1S/C12H22N2O3/c1-9-8-14(5-6-17-9)10-3-4-12(13,7-10)11(15)16-2/h9-10H,3-8,13H2,1-2H3. The summed E-state index contributed by atoms with van der Waals surface area (Å²) in [7, 11) is 1.40. The molecule has 0 bridgehead atoms. The van der Waals surface area contributed by atoms with Crippen LogP contribution in [0.3, 0.4) is 0 Å². The van der Waals surface area contributed by atoms with Crippen LogP contribution < -0.4 is 5.73 Å². The van der Waals surface area contributed by atoms with E-state index in [9.17, 15) is 4.79 Å². The minimum Gasteiger partial charge on any atom is -0.468 e. The van der Waals surface area contributed by atoms with Gasteiger partial charge in [-0.25, -0.2) is 0 Å². The van der Waals surface area contributed by atoms with Crippen molar-refractivity contribution < 1.29 is 14.3 Å². The van der Waals surface area contributed by atoms with E-state index in [1.807, 2.05) is 0 Å². The van der Waals surface area contributed by atoms with Gasteiger partial charge < -0.3 is 15.2 Å². The van der Waals surface area contributed by atoms with Gasteiger partial charge in [-0.1, -0.05) is 0 Å². The molecule has 2 N–H and O–H groups in total. The zero-order valence-electron chi connectivity index (χ0n) is 10.6. The van der Waals surface area contributed by atoms with Crippen LogP contribution in [0.1, 0.15) is 26.2 Å². The highest BCUT2D eigenvalue weighted by Crippen LogP contribution is 2.32. The molecule has 2 rings (SSSR count). The molecule has 0 aromatic heterocycles. The van der Waals surface area contributed by atoms with Crippen LogP contribution in [0.2, 0.25) is 0 Å². The number of morpholine rings is 1. The Hall–Kier alpha value is -0.650. The van der Waals surface area contributed by atoms with Crippen LogP contribution in [0.15, 0.2) is 0 Å². The van der Waals surface area contributed by atoms with Crippen molar-refractivity contribution in [1.29, 1.82) is 0 Å². The number of ether oxygens (including phenoxy) is 2. The Morgan fingerprint density at radius 3 is 3.00 bits per heavy atom. The lowest BCUT2D eigenvalue weighted by atomic mass is 9.99. The quantitative estimate of drug-likeness (QED) is 0.697. The van der Waals surface area contributed by atoms with Crippen LogP contribution in [0.25, 0.3) is 0 Å². The lowest BCUT2D eigenvalue weighted by Crippen LogP contribution is -2.50. The summed E-state index contributed by atoms with van der Waals surface area (Å²) >= 11 is 0. The summed E-state index contributed by atoms with van der Waals surface area (Å²) in [5.74, 6) is -0.277. The molecule has 17 heavy (non-hydrogen) atoms. The topological polar surface area (TPSA) is 64.8 Å².